The van der Waals surface area contributed by atoms with Crippen molar-refractivity contribution in [1.29, 1.82) is 0 Å². The smallest absolute Gasteiger partial charge is 0.234 e. The molecule has 27 heavy (non-hydrogen) atoms. The van der Waals surface area contributed by atoms with Gasteiger partial charge in [-0.25, -0.2) is 4.98 Å². The summed E-state index contributed by atoms with van der Waals surface area (Å²) in [6.07, 6.45) is 0. The number of hydrogen-bond donors (Lipinski definition) is 1. The fourth-order valence-electron chi connectivity index (χ4n) is 2.81. The lowest BCUT2D eigenvalue weighted by molar-refractivity contribution is -0.113. The quantitative estimate of drug-likeness (QED) is 0.418. The number of amides is 1. The Kier molecular flexibility index (Phi) is 5.27. The van der Waals surface area contributed by atoms with Gasteiger partial charge >= 0.3 is 0 Å². The van der Waals surface area contributed by atoms with Crippen molar-refractivity contribution in [3.63, 3.8) is 0 Å². The fourth-order valence-corrected chi connectivity index (χ4v) is 4.02. The minimum Gasteiger partial charge on any atom is -0.324 e. The van der Waals surface area contributed by atoms with E-state index in [2.05, 4.69) is 25.8 Å². The Balaban J connectivity index is 1.59. The Hall–Kier alpha value is -2.57. The van der Waals surface area contributed by atoms with E-state index < -0.39 is 0 Å². The third-order valence-corrected chi connectivity index (χ3v) is 5.65. The highest BCUT2D eigenvalue weighted by molar-refractivity contribution is 9.10. The number of fused-ring (bicyclic) bond motifs is 1. The standard InChI is InChI=1S/C21H16BrN3OS/c22-16-10-4-5-11-17(16)23-20(26)14-27-21-24-18-12-6-7-13-19(18)25(21)15-8-2-1-3-9-15/h1-13H,14H2,(H,23,26). The molecule has 1 amide bonds. The van der Waals surface area contributed by atoms with E-state index in [1.54, 1.807) is 0 Å². The molecule has 4 nitrogen and oxygen atoms in total. The van der Waals surface area contributed by atoms with Gasteiger partial charge in [-0.1, -0.05) is 54.2 Å². The van der Waals surface area contributed by atoms with Crippen molar-refractivity contribution < 1.29 is 4.79 Å². The molecule has 0 aliphatic carbocycles. The predicted octanol–water partition coefficient (Wildman–Crippen LogP) is 5.52. The summed E-state index contributed by atoms with van der Waals surface area (Å²) < 4.78 is 2.95. The summed E-state index contributed by atoms with van der Waals surface area (Å²) in [5, 5.41) is 3.73. The van der Waals surface area contributed by atoms with Crippen LogP contribution in [0.3, 0.4) is 0 Å². The maximum absolute atomic E-state index is 12.4. The number of thioether (sulfide) groups is 1. The molecule has 0 saturated carbocycles. The van der Waals surface area contributed by atoms with E-state index in [1.807, 2.05) is 78.9 Å². The molecule has 4 aromatic rings. The highest BCUT2D eigenvalue weighted by Crippen LogP contribution is 2.28. The van der Waals surface area contributed by atoms with Crippen LogP contribution in [-0.2, 0) is 4.79 Å². The van der Waals surface area contributed by atoms with Crippen molar-refractivity contribution in [2.24, 2.45) is 0 Å². The molecule has 0 atom stereocenters. The number of aromatic nitrogens is 2. The first kappa shape index (κ1) is 17.8. The van der Waals surface area contributed by atoms with Gasteiger partial charge in [-0.3, -0.25) is 9.36 Å². The third kappa shape index (κ3) is 3.91. The van der Waals surface area contributed by atoms with Gasteiger partial charge in [-0.15, -0.1) is 0 Å². The predicted molar refractivity (Wildman–Crippen MR) is 115 cm³/mol. The molecule has 0 bridgehead atoms. The van der Waals surface area contributed by atoms with Gasteiger partial charge in [0, 0.05) is 10.2 Å². The minimum atomic E-state index is -0.0708. The summed E-state index contributed by atoms with van der Waals surface area (Å²) in [4.78, 5) is 17.1. The largest absolute Gasteiger partial charge is 0.324 e. The maximum Gasteiger partial charge on any atom is 0.234 e. The average molecular weight is 438 g/mol. The van der Waals surface area contributed by atoms with Crippen molar-refractivity contribution in [2.45, 2.75) is 5.16 Å². The van der Waals surface area contributed by atoms with E-state index in [4.69, 9.17) is 4.98 Å². The normalized spacial score (nSPS) is 10.9. The lowest BCUT2D eigenvalue weighted by Gasteiger charge is -2.09. The van der Waals surface area contributed by atoms with Crippen LogP contribution in [0, 0.1) is 0 Å². The number of imidazole rings is 1. The van der Waals surface area contributed by atoms with Crippen LogP contribution in [0.15, 0.2) is 88.5 Å². The van der Waals surface area contributed by atoms with Gasteiger partial charge in [-0.05, 0) is 52.3 Å². The van der Waals surface area contributed by atoms with Crippen molar-refractivity contribution in [1.82, 2.24) is 9.55 Å². The highest BCUT2D eigenvalue weighted by Gasteiger charge is 2.14. The van der Waals surface area contributed by atoms with Gasteiger partial charge in [0.2, 0.25) is 5.91 Å². The zero-order valence-corrected chi connectivity index (χ0v) is 16.7. The lowest BCUT2D eigenvalue weighted by Crippen LogP contribution is -2.14. The van der Waals surface area contributed by atoms with E-state index in [9.17, 15) is 4.79 Å². The lowest BCUT2D eigenvalue weighted by atomic mass is 10.3. The molecule has 1 aromatic heterocycles. The number of nitrogens with one attached hydrogen (secondary N) is 1. The van der Waals surface area contributed by atoms with E-state index in [1.165, 1.54) is 11.8 Å². The van der Waals surface area contributed by atoms with Crippen molar-refractivity contribution in [2.75, 3.05) is 11.1 Å². The molecule has 6 heteroatoms. The van der Waals surface area contributed by atoms with Gasteiger partial charge in [0.05, 0.1) is 22.5 Å². The van der Waals surface area contributed by atoms with Crippen molar-refractivity contribution >= 4 is 50.3 Å². The summed E-state index contributed by atoms with van der Waals surface area (Å²) >= 11 is 4.87. The summed E-state index contributed by atoms with van der Waals surface area (Å²) in [7, 11) is 0. The summed E-state index contributed by atoms with van der Waals surface area (Å²) in [5.74, 6) is 0.205. The second kappa shape index (κ2) is 7.98. The van der Waals surface area contributed by atoms with Gasteiger partial charge < -0.3 is 5.32 Å². The number of carbonyl (C=O) groups excluding carboxylic acids is 1. The molecule has 1 heterocycles. The minimum absolute atomic E-state index is 0.0708. The van der Waals surface area contributed by atoms with E-state index in [0.717, 1.165) is 32.0 Å². The second-order valence-corrected chi connectivity index (χ2v) is 7.67. The summed E-state index contributed by atoms with van der Waals surface area (Å²) in [6.45, 7) is 0. The highest BCUT2D eigenvalue weighted by atomic mass is 79.9. The molecule has 0 radical (unpaired) electrons. The topological polar surface area (TPSA) is 46.9 Å². The molecular weight excluding hydrogens is 422 g/mol. The Morgan fingerprint density at radius 3 is 2.48 bits per heavy atom. The molecule has 3 aromatic carbocycles. The van der Waals surface area contributed by atoms with Crippen molar-refractivity contribution in [3.8, 4) is 5.69 Å². The average Bonchev–Trinajstić information content (AvgIpc) is 3.07. The van der Waals surface area contributed by atoms with E-state index >= 15 is 0 Å². The molecule has 0 aliphatic rings. The van der Waals surface area contributed by atoms with Crippen LogP contribution in [0.1, 0.15) is 0 Å². The van der Waals surface area contributed by atoms with Gasteiger partial charge in [-0.2, -0.15) is 0 Å². The molecule has 0 saturated heterocycles. The first-order valence-corrected chi connectivity index (χ1v) is 10.2. The number of benzene rings is 3. The van der Waals surface area contributed by atoms with Crippen LogP contribution >= 0.6 is 27.7 Å². The van der Waals surface area contributed by atoms with Crippen LogP contribution in [0.4, 0.5) is 5.69 Å². The summed E-state index contributed by atoms with van der Waals surface area (Å²) in [5.41, 5.74) is 3.73. The van der Waals surface area contributed by atoms with Gasteiger partial charge in [0.1, 0.15) is 0 Å². The number of hydrogen-bond acceptors (Lipinski definition) is 3. The molecule has 1 N–H and O–H groups in total. The van der Waals surface area contributed by atoms with Crippen LogP contribution in [0.2, 0.25) is 0 Å². The Bertz CT molecular complexity index is 1090. The Morgan fingerprint density at radius 1 is 0.963 bits per heavy atom. The van der Waals surface area contributed by atoms with Crippen LogP contribution < -0.4 is 5.32 Å². The Morgan fingerprint density at radius 2 is 1.67 bits per heavy atom. The Labute approximate surface area is 169 Å². The molecule has 134 valence electrons. The maximum atomic E-state index is 12.4. The summed E-state index contributed by atoms with van der Waals surface area (Å²) in [6, 6.07) is 25.6. The van der Waals surface area contributed by atoms with E-state index in [0.29, 0.717) is 0 Å². The number of carbonyl (C=O) groups is 1. The molecule has 0 unspecified atom stereocenters. The second-order valence-electron chi connectivity index (χ2n) is 5.87. The first-order chi connectivity index (χ1) is 13.2. The van der Waals surface area contributed by atoms with Gasteiger partial charge in [0.25, 0.3) is 0 Å². The molecule has 0 spiro atoms. The molecule has 0 aliphatic heterocycles. The van der Waals surface area contributed by atoms with Crippen LogP contribution in [0.25, 0.3) is 16.7 Å². The van der Waals surface area contributed by atoms with Crippen molar-refractivity contribution in [3.05, 3.63) is 83.3 Å². The monoisotopic (exact) mass is 437 g/mol. The fraction of sp³-hybridized carbons (Fsp3) is 0.0476. The number of anilines is 1. The van der Waals surface area contributed by atoms with E-state index in [-0.39, 0.29) is 11.7 Å². The number of nitrogens with zero attached hydrogens (tertiary/aromatic N) is 2. The molecular formula is C21H16BrN3OS. The molecule has 4 rings (SSSR count). The third-order valence-electron chi connectivity index (χ3n) is 4.02. The number of para-hydroxylation sites is 4. The number of rotatable bonds is 5. The van der Waals surface area contributed by atoms with Crippen LogP contribution in [0.5, 0.6) is 0 Å². The zero-order valence-electron chi connectivity index (χ0n) is 14.3. The number of halogens is 1. The SMILES string of the molecule is O=C(CSc1nc2ccccc2n1-c1ccccc1)Nc1ccccc1Br. The first-order valence-electron chi connectivity index (χ1n) is 8.42. The zero-order chi connectivity index (χ0) is 18.6. The van der Waals surface area contributed by atoms with Crippen LogP contribution in [-0.4, -0.2) is 21.2 Å². The van der Waals surface area contributed by atoms with Gasteiger partial charge in [0.15, 0.2) is 5.16 Å². The molecule has 0 fully saturated rings.